The maximum absolute atomic E-state index is 12.3. The van der Waals surface area contributed by atoms with Crippen molar-refractivity contribution in [3.8, 4) is 0 Å². The Morgan fingerprint density at radius 2 is 2.10 bits per heavy atom. The summed E-state index contributed by atoms with van der Waals surface area (Å²) in [5.74, 6) is 0.500. The Bertz CT molecular complexity index is 546. The van der Waals surface area contributed by atoms with Crippen LogP contribution in [0.3, 0.4) is 0 Å². The van der Waals surface area contributed by atoms with Gasteiger partial charge in [0.25, 0.3) is 0 Å². The molecule has 20 heavy (non-hydrogen) atoms. The van der Waals surface area contributed by atoms with Gasteiger partial charge < -0.3 is 5.32 Å². The fourth-order valence-electron chi connectivity index (χ4n) is 1.97. The molecule has 1 aromatic rings. The molecule has 0 amide bonds. The Morgan fingerprint density at radius 1 is 1.40 bits per heavy atom. The van der Waals surface area contributed by atoms with E-state index in [1.54, 1.807) is 11.3 Å². The zero-order chi connectivity index (χ0) is 14.8. The summed E-state index contributed by atoms with van der Waals surface area (Å²) in [6.07, 6.45) is 3.34. The van der Waals surface area contributed by atoms with Gasteiger partial charge in [-0.3, -0.25) is 0 Å². The van der Waals surface area contributed by atoms with E-state index in [0.29, 0.717) is 23.4 Å². The van der Waals surface area contributed by atoms with Crippen molar-refractivity contribution in [2.24, 2.45) is 5.92 Å². The lowest BCUT2D eigenvalue weighted by Gasteiger charge is -2.07. The molecule has 0 atom stereocenters. The second-order valence-corrected chi connectivity index (χ2v) is 8.94. The molecule has 0 spiro atoms. The van der Waals surface area contributed by atoms with E-state index in [1.165, 1.54) is 12.8 Å². The van der Waals surface area contributed by atoms with Gasteiger partial charge in [0.15, 0.2) is 0 Å². The number of sulfonamides is 1. The molecule has 1 heterocycles. The molecule has 0 aromatic carbocycles. The van der Waals surface area contributed by atoms with Gasteiger partial charge in [-0.25, -0.2) is 13.1 Å². The third-order valence-corrected chi connectivity index (χ3v) is 6.14. The zero-order valence-electron chi connectivity index (χ0n) is 12.4. The quantitative estimate of drug-likeness (QED) is 0.775. The minimum Gasteiger partial charge on any atom is -0.309 e. The van der Waals surface area contributed by atoms with Gasteiger partial charge in [-0.05, 0) is 38.2 Å². The van der Waals surface area contributed by atoms with E-state index in [1.807, 2.05) is 13.0 Å². The second-order valence-electron chi connectivity index (χ2n) is 5.87. The first kappa shape index (κ1) is 15.9. The summed E-state index contributed by atoms with van der Waals surface area (Å²) < 4.78 is 27.2. The Hall–Kier alpha value is -0.430. The van der Waals surface area contributed by atoms with Crippen LogP contribution < -0.4 is 10.0 Å². The molecule has 114 valence electrons. The molecule has 2 rings (SSSR count). The molecule has 0 saturated heterocycles. The highest BCUT2D eigenvalue weighted by Crippen LogP contribution is 2.27. The van der Waals surface area contributed by atoms with Crippen LogP contribution in [0.2, 0.25) is 0 Å². The number of nitrogens with one attached hydrogen (secondary N) is 2. The first-order valence-corrected chi connectivity index (χ1v) is 9.51. The standard InChI is InChI=1S/C14H24N2O2S2/c1-10(2)6-7-16-20(17,18)14-8-13(19-11(14)3)9-15-12-4-5-12/h8,10,12,15-16H,4-7,9H2,1-3H3. The Labute approximate surface area is 126 Å². The highest BCUT2D eigenvalue weighted by atomic mass is 32.2. The van der Waals surface area contributed by atoms with Crippen LogP contribution >= 0.6 is 11.3 Å². The summed E-state index contributed by atoms with van der Waals surface area (Å²) in [6, 6.07) is 2.45. The van der Waals surface area contributed by atoms with Crippen molar-refractivity contribution in [1.82, 2.24) is 10.0 Å². The van der Waals surface area contributed by atoms with E-state index in [9.17, 15) is 8.42 Å². The average Bonchev–Trinajstić information content (AvgIpc) is 3.08. The lowest BCUT2D eigenvalue weighted by atomic mass is 10.1. The van der Waals surface area contributed by atoms with Crippen molar-refractivity contribution in [2.75, 3.05) is 6.54 Å². The van der Waals surface area contributed by atoms with Crippen LogP contribution in [0.15, 0.2) is 11.0 Å². The summed E-state index contributed by atoms with van der Waals surface area (Å²) in [5.41, 5.74) is 0. The number of hydrogen-bond acceptors (Lipinski definition) is 4. The average molecular weight is 316 g/mol. The van der Waals surface area contributed by atoms with E-state index in [4.69, 9.17) is 0 Å². The van der Waals surface area contributed by atoms with E-state index in [2.05, 4.69) is 23.9 Å². The van der Waals surface area contributed by atoms with E-state index in [-0.39, 0.29) is 0 Å². The number of rotatable bonds is 8. The van der Waals surface area contributed by atoms with Crippen LogP contribution in [0.5, 0.6) is 0 Å². The lowest BCUT2D eigenvalue weighted by molar-refractivity contribution is 0.551. The molecule has 1 fully saturated rings. The number of aryl methyl sites for hydroxylation is 1. The molecule has 0 aliphatic heterocycles. The Balaban J connectivity index is 1.98. The molecule has 1 aliphatic carbocycles. The predicted molar refractivity (Wildman–Crippen MR) is 83.6 cm³/mol. The summed E-state index contributed by atoms with van der Waals surface area (Å²) in [6.45, 7) is 7.34. The van der Waals surface area contributed by atoms with Crippen LogP contribution in [0.1, 0.15) is 42.9 Å². The predicted octanol–water partition coefficient (Wildman–Crippen LogP) is 2.63. The molecule has 0 radical (unpaired) electrons. The van der Waals surface area contributed by atoms with Gasteiger partial charge in [0.1, 0.15) is 0 Å². The number of hydrogen-bond donors (Lipinski definition) is 2. The monoisotopic (exact) mass is 316 g/mol. The maximum atomic E-state index is 12.3. The molecule has 1 aliphatic rings. The third kappa shape index (κ3) is 4.55. The largest absolute Gasteiger partial charge is 0.309 e. The lowest BCUT2D eigenvalue weighted by Crippen LogP contribution is -2.25. The van der Waals surface area contributed by atoms with Gasteiger partial charge in [0.2, 0.25) is 10.0 Å². The highest BCUT2D eigenvalue weighted by molar-refractivity contribution is 7.89. The zero-order valence-corrected chi connectivity index (χ0v) is 14.0. The minimum atomic E-state index is -3.36. The first-order valence-electron chi connectivity index (χ1n) is 7.21. The summed E-state index contributed by atoms with van der Waals surface area (Å²) >= 11 is 1.57. The van der Waals surface area contributed by atoms with Crippen molar-refractivity contribution >= 4 is 21.4 Å². The smallest absolute Gasteiger partial charge is 0.241 e. The van der Waals surface area contributed by atoms with Gasteiger partial charge in [0, 0.05) is 28.9 Å². The summed E-state index contributed by atoms with van der Waals surface area (Å²) in [7, 11) is -3.36. The van der Waals surface area contributed by atoms with Crippen LogP contribution in [-0.2, 0) is 16.6 Å². The van der Waals surface area contributed by atoms with Gasteiger partial charge in [-0.15, -0.1) is 11.3 Å². The molecular formula is C14H24N2O2S2. The van der Waals surface area contributed by atoms with E-state index < -0.39 is 10.0 Å². The highest BCUT2D eigenvalue weighted by Gasteiger charge is 2.22. The van der Waals surface area contributed by atoms with Crippen molar-refractivity contribution < 1.29 is 8.42 Å². The molecule has 2 N–H and O–H groups in total. The maximum Gasteiger partial charge on any atom is 0.241 e. The van der Waals surface area contributed by atoms with E-state index in [0.717, 1.165) is 22.7 Å². The Morgan fingerprint density at radius 3 is 2.70 bits per heavy atom. The van der Waals surface area contributed by atoms with E-state index >= 15 is 0 Å². The van der Waals surface area contributed by atoms with Crippen molar-refractivity contribution in [2.45, 2.75) is 57.5 Å². The normalized spacial score (nSPS) is 16.0. The molecule has 0 unspecified atom stereocenters. The fraction of sp³-hybridized carbons (Fsp3) is 0.714. The van der Waals surface area contributed by atoms with Gasteiger partial charge >= 0.3 is 0 Å². The minimum absolute atomic E-state index is 0.443. The SMILES string of the molecule is Cc1sc(CNC2CC2)cc1S(=O)(=O)NCCC(C)C. The molecule has 0 bridgehead atoms. The van der Waals surface area contributed by atoms with Crippen molar-refractivity contribution in [1.29, 1.82) is 0 Å². The van der Waals surface area contributed by atoms with Crippen molar-refractivity contribution in [3.05, 3.63) is 15.8 Å². The molecule has 1 aromatic heterocycles. The summed E-state index contributed by atoms with van der Waals surface area (Å²) in [5, 5.41) is 3.42. The Kier molecular flexibility index (Phi) is 5.23. The van der Waals surface area contributed by atoms with Crippen LogP contribution in [0.4, 0.5) is 0 Å². The third-order valence-electron chi connectivity index (χ3n) is 3.37. The van der Waals surface area contributed by atoms with Crippen LogP contribution in [0.25, 0.3) is 0 Å². The molecule has 6 heteroatoms. The molecule has 1 saturated carbocycles. The van der Waals surface area contributed by atoms with Crippen molar-refractivity contribution in [3.63, 3.8) is 0 Å². The fourth-order valence-corrected chi connectivity index (χ4v) is 4.60. The van der Waals surface area contributed by atoms with Crippen LogP contribution in [-0.4, -0.2) is 21.0 Å². The van der Waals surface area contributed by atoms with Gasteiger partial charge in [-0.2, -0.15) is 0 Å². The van der Waals surface area contributed by atoms with Gasteiger partial charge in [-0.1, -0.05) is 13.8 Å². The second kappa shape index (κ2) is 6.56. The van der Waals surface area contributed by atoms with Gasteiger partial charge in [0.05, 0.1) is 4.90 Å². The molecule has 4 nitrogen and oxygen atoms in total. The molecular weight excluding hydrogens is 292 g/mol. The first-order chi connectivity index (χ1) is 9.38. The van der Waals surface area contributed by atoms with Crippen LogP contribution in [0, 0.1) is 12.8 Å². The summed E-state index contributed by atoms with van der Waals surface area (Å²) in [4.78, 5) is 2.41. The topological polar surface area (TPSA) is 58.2 Å². The number of thiophene rings is 1.